The average Bonchev–Trinajstić information content (AvgIpc) is 2.47. The molecular formula is C13H10N2O4S. The summed E-state index contributed by atoms with van der Waals surface area (Å²) in [5.41, 5.74) is 0.185. The van der Waals surface area contributed by atoms with Crippen molar-refractivity contribution in [1.82, 2.24) is 4.98 Å². The van der Waals surface area contributed by atoms with Crippen molar-refractivity contribution in [3.05, 3.63) is 58.3 Å². The van der Waals surface area contributed by atoms with Gasteiger partial charge >= 0.3 is 5.97 Å². The Morgan fingerprint density at radius 2 is 2.15 bits per heavy atom. The Labute approximate surface area is 118 Å². The van der Waals surface area contributed by atoms with Crippen LogP contribution in [0.15, 0.2) is 52.5 Å². The minimum Gasteiger partial charge on any atom is -0.465 e. The Morgan fingerprint density at radius 1 is 1.35 bits per heavy atom. The lowest BCUT2D eigenvalue weighted by Crippen LogP contribution is -2.02. The molecule has 1 heterocycles. The van der Waals surface area contributed by atoms with Crippen LogP contribution in [0, 0.1) is 10.1 Å². The van der Waals surface area contributed by atoms with Gasteiger partial charge in [0.05, 0.1) is 22.5 Å². The SMILES string of the molecule is COC(=O)c1ccc([N+](=O)[O-])c(Sc2ccccn2)c1. The van der Waals surface area contributed by atoms with E-state index in [9.17, 15) is 14.9 Å². The molecule has 7 heteroatoms. The molecule has 0 amide bonds. The number of carbonyl (C=O) groups is 1. The molecule has 1 aromatic carbocycles. The number of methoxy groups -OCH3 is 1. The van der Waals surface area contributed by atoms with E-state index in [-0.39, 0.29) is 11.3 Å². The van der Waals surface area contributed by atoms with Crippen molar-refractivity contribution in [2.45, 2.75) is 9.92 Å². The van der Waals surface area contributed by atoms with Crippen LogP contribution in [0.1, 0.15) is 10.4 Å². The number of pyridine rings is 1. The van der Waals surface area contributed by atoms with Gasteiger partial charge in [-0.05, 0) is 24.3 Å². The predicted molar refractivity (Wildman–Crippen MR) is 72.8 cm³/mol. The minimum atomic E-state index is -0.539. The first-order valence-electron chi connectivity index (χ1n) is 5.57. The average molecular weight is 290 g/mol. The van der Waals surface area contributed by atoms with Gasteiger partial charge in [-0.15, -0.1) is 0 Å². The lowest BCUT2D eigenvalue weighted by molar-refractivity contribution is -0.387. The number of ether oxygens (including phenoxy) is 1. The fourth-order valence-electron chi connectivity index (χ4n) is 1.51. The molecule has 2 aromatic rings. The summed E-state index contributed by atoms with van der Waals surface area (Å²) in [6, 6.07) is 9.36. The van der Waals surface area contributed by atoms with Crippen molar-refractivity contribution in [2.75, 3.05) is 7.11 Å². The molecule has 0 saturated carbocycles. The second-order valence-electron chi connectivity index (χ2n) is 3.70. The number of aromatic nitrogens is 1. The Balaban J connectivity index is 2.42. The maximum absolute atomic E-state index is 11.5. The van der Waals surface area contributed by atoms with Crippen molar-refractivity contribution in [3.63, 3.8) is 0 Å². The normalized spacial score (nSPS) is 10.1. The van der Waals surface area contributed by atoms with Gasteiger partial charge in [0.1, 0.15) is 5.03 Å². The van der Waals surface area contributed by atoms with E-state index in [1.165, 1.54) is 25.3 Å². The highest BCUT2D eigenvalue weighted by Crippen LogP contribution is 2.34. The number of nitrogens with zero attached hydrogens (tertiary/aromatic N) is 2. The zero-order chi connectivity index (χ0) is 14.5. The summed E-state index contributed by atoms with van der Waals surface area (Å²) in [7, 11) is 1.26. The van der Waals surface area contributed by atoms with Crippen LogP contribution in [0.25, 0.3) is 0 Å². The zero-order valence-corrected chi connectivity index (χ0v) is 11.3. The summed E-state index contributed by atoms with van der Waals surface area (Å²) in [6.07, 6.45) is 1.60. The van der Waals surface area contributed by atoms with Crippen molar-refractivity contribution < 1.29 is 14.5 Å². The fourth-order valence-corrected chi connectivity index (χ4v) is 2.43. The molecule has 0 atom stereocenters. The highest BCUT2D eigenvalue weighted by atomic mass is 32.2. The van der Waals surface area contributed by atoms with Gasteiger partial charge in [0, 0.05) is 12.3 Å². The molecule has 0 unspecified atom stereocenters. The molecule has 0 N–H and O–H groups in total. The Kier molecular flexibility index (Phi) is 4.31. The molecule has 0 aliphatic heterocycles. The molecule has 2 rings (SSSR count). The molecule has 0 radical (unpaired) electrons. The number of nitro benzene ring substituents is 1. The van der Waals surface area contributed by atoms with Crippen molar-refractivity contribution in [2.24, 2.45) is 0 Å². The van der Waals surface area contributed by atoms with E-state index in [0.717, 1.165) is 11.8 Å². The molecule has 102 valence electrons. The van der Waals surface area contributed by atoms with E-state index in [1.54, 1.807) is 24.4 Å². The summed E-state index contributed by atoms with van der Waals surface area (Å²) >= 11 is 1.12. The number of hydrogen-bond donors (Lipinski definition) is 0. The highest BCUT2D eigenvalue weighted by Gasteiger charge is 2.18. The Hall–Kier alpha value is -2.41. The van der Waals surface area contributed by atoms with E-state index in [1.807, 2.05) is 0 Å². The number of nitro groups is 1. The molecule has 0 saturated heterocycles. The van der Waals surface area contributed by atoms with Gasteiger partial charge in [0.2, 0.25) is 0 Å². The van der Waals surface area contributed by atoms with E-state index < -0.39 is 10.9 Å². The second-order valence-corrected chi connectivity index (χ2v) is 4.76. The Morgan fingerprint density at radius 3 is 2.75 bits per heavy atom. The van der Waals surface area contributed by atoms with Crippen molar-refractivity contribution in [3.8, 4) is 0 Å². The summed E-state index contributed by atoms with van der Waals surface area (Å²) in [4.78, 5) is 26.4. The van der Waals surface area contributed by atoms with Crippen LogP contribution in [-0.4, -0.2) is 23.0 Å². The topological polar surface area (TPSA) is 82.3 Å². The van der Waals surface area contributed by atoms with Gasteiger partial charge in [-0.2, -0.15) is 0 Å². The van der Waals surface area contributed by atoms with E-state index in [2.05, 4.69) is 9.72 Å². The van der Waals surface area contributed by atoms with Crippen LogP contribution >= 0.6 is 11.8 Å². The van der Waals surface area contributed by atoms with Crippen LogP contribution < -0.4 is 0 Å². The zero-order valence-electron chi connectivity index (χ0n) is 10.5. The van der Waals surface area contributed by atoms with Crippen LogP contribution in [0.4, 0.5) is 5.69 Å². The molecule has 6 nitrogen and oxygen atoms in total. The fraction of sp³-hybridized carbons (Fsp3) is 0.0769. The van der Waals surface area contributed by atoms with E-state index in [0.29, 0.717) is 9.92 Å². The maximum atomic E-state index is 11.5. The first-order chi connectivity index (χ1) is 9.61. The summed E-state index contributed by atoms with van der Waals surface area (Å²) in [5, 5.41) is 11.6. The Bertz CT molecular complexity index is 646. The first kappa shape index (κ1) is 14.0. The largest absolute Gasteiger partial charge is 0.465 e. The molecular weight excluding hydrogens is 280 g/mol. The molecule has 0 fully saturated rings. The predicted octanol–water partition coefficient (Wildman–Crippen LogP) is 2.93. The monoisotopic (exact) mass is 290 g/mol. The highest BCUT2D eigenvalue weighted by molar-refractivity contribution is 7.99. The third kappa shape index (κ3) is 3.12. The third-order valence-electron chi connectivity index (χ3n) is 2.43. The minimum absolute atomic E-state index is 0.0756. The molecule has 0 aliphatic carbocycles. The number of esters is 1. The standard InChI is InChI=1S/C13H10N2O4S/c1-19-13(16)9-5-6-10(15(17)18)11(8-9)20-12-4-2-3-7-14-12/h2-8H,1H3. The molecule has 1 aromatic heterocycles. The van der Waals surface area contributed by atoms with Gasteiger partial charge in [-0.1, -0.05) is 17.8 Å². The van der Waals surface area contributed by atoms with E-state index >= 15 is 0 Å². The lowest BCUT2D eigenvalue weighted by atomic mass is 10.2. The number of carbonyl (C=O) groups excluding carboxylic acids is 1. The van der Waals surface area contributed by atoms with Gasteiger partial charge in [0.25, 0.3) is 5.69 Å². The number of rotatable bonds is 4. The molecule has 0 bridgehead atoms. The van der Waals surface area contributed by atoms with Crippen LogP contribution in [0.2, 0.25) is 0 Å². The quantitative estimate of drug-likeness (QED) is 0.489. The molecule has 20 heavy (non-hydrogen) atoms. The second kappa shape index (κ2) is 6.16. The smallest absolute Gasteiger partial charge is 0.337 e. The molecule has 0 spiro atoms. The lowest BCUT2D eigenvalue weighted by Gasteiger charge is -2.05. The summed E-state index contributed by atoms with van der Waals surface area (Å²) in [6.45, 7) is 0. The molecule has 0 aliphatic rings. The number of hydrogen-bond acceptors (Lipinski definition) is 6. The van der Waals surface area contributed by atoms with Gasteiger partial charge in [-0.3, -0.25) is 10.1 Å². The van der Waals surface area contributed by atoms with Gasteiger partial charge in [-0.25, -0.2) is 9.78 Å². The van der Waals surface area contributed by atoms with Gasteiger partial charge in [0.15, 0.2) is 0 Å². The van der Waals surface area contributed by atoms with Crippen LogP contribution in [0.3, 0.4) is 0 Å². The maximum Gasteiger partial charge on any atom is 0.337 e. The van der Waals surface area contributed by atoms with E-state index in [4.69, 9.17) is 0 Å². The first-order valence-corrected chi connectivity index (χ1v) is 6.39. The summed E-state index contributed by atoms with van der Waals surface area (Å²) < 4.78 is 4.61. The third-order valence-corrected chi connectivity index (χ3v) is 3.43. The van der Waals surface area contributed by atoms with Crippen LogP contribution in [-0.2, 0) is 4.74 Å². The van der Waals surface area contributed by atoms with Crippen molar-refractivity contribution in [1.29, 1.82) is 0 Å². The van der Waals surface area contributed by atoms with Crippen LogP contribution in [0.5, 0.6) is 0 Å². The summed E-state index contributed by atoms with van der Waals surface area (Å²) in [5.74, 6) is -0.539. The van der Waals surface area contributed by atoms with Gasteiger partial charge < -0.3 is 4.74 Å². The van der Waals surface area contributed by atoms with Crippen molar-refractivity contribution >= 4 is 23.4 Å². The number of benzene rings is 1.